The minimum Gasteiger partial charge on any atom is -0.454 e. The van der Waals surface area contributed by atoms with E-state index in [0.29, 0.717) is 17.1 Å². The number of anilines is 1. The molecule has 3 aromatic rings. The van der Waals surface area contributed by atoms with Crippen LogP contribution in [-0.4, -0.2) is 18.6 Å². The number of nitrogens with one attached hydrogen (secondary N) is 2. The average molecular weight is 456 g/mol. The van der Waals surface area contributed by atoms with Crippen LogP contribution in [0.3, 0.4) is 0 Å². The molecule has 0 unspecified atom stereocenters. The maximum Gasteiger partial charge on any atom is 0.269 e. The Labute approximate surface area is 199 Å². The third-order valence-corrected chi connectivity index (χ3v) is 6.65. The monoisotopic (exact) mass is 455 g/mol. The van der Waals surface area contributed by atoms with Crippen molar-refractivity contribution in [3.05, 3.63) is 77.4 Å². The van der Waals surface area contributed by atoms with Gasteiger partial charge < -0.3 is 14.8 Å². The van der Waals surface area contributed by atoms with Gasteiger partial charge in [-0.05, 0) is 76.9 Å². The second kappa shape index (κ2) is 7.90. The van der Waals surface area contributed by atoms with E-state index in [0.717, 1.165) is 40.8 Å². The molecular formula is C28H27N2O4. The van der Waals surface area contributed by atoms with Crippen molar-refractivity contribution >= 4 is 17.5 Å². The van der Waals surface area contributed by atoms with Crippen LogP contribution in [0.4, 0.5) is 5.69 Å². The van der Waals surface area contributed by atoms with E-state index in [1.54, 1.807) is 12.1 Å². The van der Waals surface area contributed by atoms with Gasteiger partial charge in [0.05, 0.1) is 5.41 Å². The van der Waals surface area contributed by atoms with Gasteiger partial charge in [0.15, 0.2) is 11.5 Å². The smallest absolute Gasteiger partial charge is 0.269 e. The summed E-state index contributed by atoms with van der Waals surface area (Å²) < 4.78 is 10.9. The number of ether oxygens (including phenoxy) is 2. The highest BCUT2D eigenvalue weighted by Gasteiger charge is 2.51. The maximum absolute atomic E-state index is 13.4. The summed E-state index contributed by atoms with van der Waals surface area (Å²) in [5, 5.41) is 3.13. The predicted octanol–water partition coefficient (Wildman–Crippen LogP) is 5.47. The van der Waals surface area contributed by atoms with Crippen molar-refractivity contribution in [2.75, 3.05) is 12.1 Å². The lowest BCUT2D eigenvalue weighted by molar-refractivity contribution is -0.118. The summed E-state index contributed by atoms with van der Waals surface area (Å²) >= 11 is 0. The van der Waals surface area contributed by atoms with Gasteiger partial charge in [-0.15, -0.1) is 0 Å². The zero-order chi connectivity index (χ0) is 24.1. The number of carbonyl (C=O) groups is 2. The second-order valence-electron chi connectivity index (χ2n) is 10.0. The molecule has 0 spiro atoms. The van der Waals surface area contributed by atoms with Crippen LogP contribution >= 0.6 is 0 Å². The molecule has 6 heteroatoms. The highest BCUT2D eigenvalue weighted by atomic mass is 16.7. The first-order chi connectivity index (χ1) is 16.2. The first-order valence-electron chi connectivity index (χ1n) is 11.4. The zero-order valence-electron chi connectivity index (χ0n) is 19.5. The van der Waals surface area contributed by atoms with Gasteiger partial charge in [0.25, 0.3) is 5.91 Å². The number of rotatable bonds is 5. The summed E-state index contributed by atoms with van der Waals surface area (Å²) in [6, 6.07) is 18.8. The molecular weight excluding hydrogens is 428 g/mol. The van der Waals surface area contributed by atoms with Crippen molar-refractivity contribution < 1.29 is 19.1 Å². The Morgan fingerprint density at radius 3 is 2.26 bits per heavy atom. The fraction of sp³-hybridized carbons (Fsp3) is 0.286. The second-order valence-corrected chi connectivity index (χ2v) is 10.0. The Morgan fingerprint density at radius 1 is 0.912 bits per heavy atom. The van der Waals surface area contributed by atoms with Crippen molar-refractivity contribution in [1.29, 1.82) is 0 Å². The molecule has 0 saturated heterocycles. The van der Waals surface area contributed by atoms with E-state index in [2.05, 4.69) is 32.2 Å². The van der Waals surface area contributed by atoms with Crippen LogP contribution in [0.2, 0.25) is 0 Å². The van der Waals surface area contributed by atoms with E-state index in [-0.39, 0.29) is 18.1 Å². The highest BCUT2D eigenvalue weighted by Crippen LogP contribution is 2.51. The molecule has 1 aliphatic heterocycles. The molecule has 3 aromatic carbocycles. The summed E-state index contributed by atoms with van der Waals surface area (Å²) in [4.78, 5) is 24.8. The third kappa shape index (κ3) is 3.89. The molecule has 2 N–H and O–H groups in total. The van der Waals surface area contributed by atoms with E-state index >= 15 is 0 Å². The quantitative estimate of drug-likeness (QED) is 0.552. The zero-order valence-corrected chi connectivity index (χ0v) is 19.5. The van der Waals surface area contributed by atoms with Crippen molar-refractivity contribution in [3.8, 4) is 22.6 Å². The van der Waals surface area contributed by atoms with E-state index in [9.17, 15) is 9.59 Å². The molecule has 1 heterocycles. The summed E-state index contributed by atoms with van der Waals surface area (Å²) in [6.07, 6.45) is 1.57. The molecule has 1 aliphatic carbocycles. The molecule has 2 aliphatic rings. The Balaban J connectivity index is 1.46. The van der Waals surface area contributed by atoms with Crippen molar-refractivity contribution in [3.63, 3.8) is 0 Å². The fourth-order valence-electron chi connectivity index (χ4n) is 4.53. The molecule has 6 nitrogen and oxygen atoms in total. The van der Waals surface area contributed by atoms with Gasteiger partial charge in [-0.2, -0.15) is 0 Å². The van der Waals surface area contributed by atoms with Crippen LogP contribution in [0.15, 0.2) is 60.7 Å². The first kappa shape index (κ1) is 22.0. The minimum atomic E-state index is -0.707. The Hall–Kier alpha value is -3.80. The molecule has 1 saturated carbocycles. The van der Waals surface area contributed by atoms with Gasteiger partial charge in [0.2, 0.25) is 12.7 Å². The van der Waals surface area contributed by atoms with E-state index < -0.39 is 11.3 Å². The van der Waals surface area contributed by atoms with Gasteiger partial charge in [0, 0.05) is 11.3 Å². The van der Waals surface area contributed by atoms with E-state index in [4.69, 9.17) is 15.2 Å². The fourth-order valence-corrected chi connectivity index (χ4v) is 4.53. The van der Waals surface area contributed by atoms with Gasteiger partial charge in [-0.3, -0.25) is 15.3 Å². The number of hydrogen-bond acceptors (Lipinski definition) is 4. The SMILES string of the molecule is CC(C)(C)c1ccc(NC(=O)C2(c3ccc4c(c3)OCO4)CC2)cc1-c1ccc(C([NH])=O)cc1. The summed E-state index contributed by atoms with van der Waals surface area (Å²) in [5.41, 5.74) is 11.7. The highest BCUT2D eigenvalue weighted by molar-refractivity contribution is 6.02. The van der Waals surface area contributed by atoms with Crippen molar-refractivity contribution in [2.45, 2.75) is 44.4 Å². The molecule has 1 fully saturated rings. The molecule has 173 valence electrons. The van der Waals surface area contributed by atoms with Gasteiger partial charge in [-0.1, -0.05) is 45.0 Å². The van der Waals surface area contributed by atoms with E-state index in [1.807, 2.05) is 42.5 Å². The summed E-state index contributed by atoms with van der Waals surface area (Å²) in [6.45, 7) is 6.64. The third-order valence-electron chi connectivity index (χ3n) is 6.65. The standard InChI is InChI=1S/C28H27N2O4/c1-27(2,3)22-10-9-20(15-21(22)17-4-6-18(7-5-17)25(29)31)30-26(32)28(12-13-28)19-8-11-23-24(14-19)34-16-33-23/h4-11,14-15,29H,12-13,16H2,1-3H3,(H,30,32). The molecule has 2 amide bonds. The molecule has 0 aromatic heterocycles. The van der Waals surface area contributed by atoms with Crippen LogP contribution in [0.25, 0.3) is 11.1 Å². The van der Waals surface area contributed by atoms with E-state index in [1.165, 1.54) is 0 Å². The normalized spacial score (nSPS) is 15.6. The van der Waals surface area contributed by atoms with Crippen LogP contribution in [0, 0.1) is 0 Å². The Morgan fingerprint density at radius 2 is 1.62 bits per heavy atom. The first-order valence-corrected chi connectivity index (χ1v) is 11.4. The number of carbonyl (C=O) groups excluding carboxylic acids is 2. The molecule has 1 radical (unpaired) electrons. The lowest BCUT2D eigenvalue weighted by Crippen LogP contribution is -2.28. The molecule has 0 atom stereocenters. The Bertz CT molecular complexity index is 1280. The van der Waals surface area contributed by atoms with Crippen LogP contribution in [0.5, 0.6) is 11.5 Å². The van der Waals surface area contributed by atoms with Crippen molar-refractivity contribution in [1.82, 2.24) is 5.73 Å². The summed E-state index contributed by atoms with van der Waals surface area (Å²) in [5.74, 6) is 0.654. The van der Waals surface area contributed by atoms with Gasteiger partial charge in [0.1, 0.15) is 0 Å². The molecule has 34 heavy (non-hydrogen) atoms. The minimum absolute atomic E-state index is 0.0315. The number of benzene rings is 3. The Kier molecular flexibility index (Phi) is 5.12. The largest absolute Gasteiger partial charge is 0.454 e. The summed E-state index contributed by atoms with van der Waals surface area (Å²) in [7, 11) is 0. The van der Waals surface area contributed by atoms with Crippen molar-refractivity contribution in [2.24, 2.45) is 0 Å². The molecule has 5 rings (SSSR count). The topological polar surface area (TPSA) is 88.4 Å². The predicted molar refractivity (Wildman–Crippen MR) is 130 cm³/mol. The van der Waals surface area contributed by atoms with Gasteiger partial charge in [-0.25, -0.2) is 0 Å². The number of fused-ring (bicyclic) bond motifs is 1. The average Bonchev–Trinajstić information content (AvgIpc) is 3.49. The number of hydrogen-bond donors (Lipinski definition) is 1. The van der Waals surface area contributed by atoms with Crippen LogP contribution in [-0.2, 0) is 15.6 Å². The maximum atomic E-state index is 13.4. The van der Waals surface area contributed by atoms with Crippen LogP contribution < -0.4 is 20.5 Å². The lowest BCUT2D eigenvalue weighted by atomic mass is 9.81. The molecule has 0 bridgehead atoms. The lowest BCUT2D eigenvalue weighted by Gasteiger charge is -2.24. The van der Waals surface area contributed by atoms with Gasteiger partial charge >= 0.3 is 0 Å². The number of amides is 2. The van der Waals surface area contributed by atoms with Crippen LogP contribution in [0.1, 0.15) is 55.1 Å².